The Morgan fingerprint density at radius 3 is 2.85 bits per heavy atom. The van der Waals surface area contributed by atoms with Crippen molar-refractivity contribution < 1.29 is 0 Å². The third-order valence-electron chi connectivity index (χ3n) is 6.37. The molecule has 2 nitrogen and oxygen atoms in total. The zero-order valence-corrected chi connectivity index (χ0v) is 12.7. The molecular weight excluding hydrogens is 244 g/mol. The molecule has 1 N–H and O–H groups in total. The van der Waals surface area contributed by atoms with Gasteiger partial charge in [0.1, 0.15) is 0 Å². The molecule has 0 amide bonds. The van der Waals surface area contributed by atoms with Crippen LogP contribution in [0.3, 0.4) is 0 Å². The van der Waals surface area contributed by atoms with E-state index in [1.165, 1.54) is 37.7 Å². The van der Waals surface area contributed by atoms with Crippen molar-refractivity contribution in [3.63, 3.8) is 0 Å². The number of rotatable bonds is 2. The quantitative estimate of drug-likeness (QED) is 0.889. The maximum absolute atomic E-state index is 4.02. The first kappa shape index (κ1) is 12.8. The molecule has 1 aromatic rings. The molecule has 0 aromatic heterocycles. The Kier molecular flexibility index (Phi) is 2.94. The molecule has 3 fully saturated rings. The van der Waals surface area contributed by atoms with E-state index in [9.17, 15) is 0 Å². The molecule has 2 heterocycles. The molecule has 0 spiro atoms. The van der Waals surface area contributed by atoms with Gasteiger partial charge >= 0.3 is 0 Å². The van der Waals surface area contributed by atoms with Gasteiger partial charge in [-0.2, -0.15) is 0 Å². The minimum Gasteiger partial charge on any atom is -0.309 e. The van der Waals surface area contributed by atoms with Crippen molar-refractivity contribution in [2.75, 3.05) is 7.05 Å². The minimum atomic E-state index is 0.519. The monoisotopic (exact) mass is 270 g/mol. The smallest absolute Gasteiger partial charge is 0.0266 e. The molecule has 2 saturated heterocycles. The van der Waals surface area contributed by atoms with Crippen LogP contribution in [-0.4, -0.2) is 36.1 Å². The zero-order valence-electron chi connectivity index (χ0n) is 12.7. The van der Waals surface area contributed by atoms with Crippen LogP contribution < -0.4 is 5.32 Å². The highest BCUT2D eigenvalue weighted by Gasteiger charge is 2.58. The number of benzene rings is 1. The SMILES string of the molecule is CN1C2CCC[C@H]3N[C@H](Cc4ccccc4)[C@@H]1C[C@@]23C. The van der Waals surface area contributed by atoms with Crippen molar-refractivity contribution in [2.24, 2.45) is 5.41 Å². The van der Waals surface area contributed by atoms with Gasteiger partial charge in [0.05, 0.1) is 0 Å². The van der Waals surface area contributed by atoms with Crippen LogP contribution in [0, 0.1) is 5.41 Å². The lowest BCUT2D eigenvalue weighted by Crippen LogP contribution is -2.58. The predicted octanol–water partition coefficient (Wildman–Crippen LogP) is 2.83. The molecule has 20 heavy (non-hydrogen) atoms. The van der Waals surface area contributed by atoms with E-state index in [-0.39, 0.29) is 0 Å². The van der Waals surface area contributed by atoms with Crippen LogP contribution in [0.1, 0.15) is 38.2 Å². The molecular formula is C18H26N2. The molecule has 4 rings (SSSR count). The van der Waals surface area contributed by atoms with E-state index in [1.807, 2.05) is 0 Å². The highest BCUT2D eigenvalue weighted by atomic mass is 15.3. The highest BCUT2D eigenvalue weighted by Crippen LogP contribution is 2.52. The first-order valence-electron chi connectivity index (χ1n) is 8.20. The van der Waals surface area contributed by atoms with Gasteiger partial charge in [0.25, 0.3) is 0 Å². The van der Waals surface area contributed by atoms with Crippen LogP contribution in [-0.2, 0) is 6.42 Å². The number of likely N-dealkylation sites (tertiary alicyclic amines) is 1. The van der Waals surface area contributed by atoms with E-state index >= 15 is 0 Å². The second-order valence-electron chi connectivity index (χ2n) is 7.40. The molecule has 3 aliphatic rings. The Labute approximate surface area is 122 Å². The number of fused-ring (bicyclic) bond motifs is 1. The fourth-order valence-electron chi connectivity index (χ4n) is 5.31. The summed E-state index contributed by atoms with van der Waals surface area (Å²) in [6.07, 6.45) is 6.74. The van der Waals surface area contributed by atoms with Gasteiger partial charge in [-0.05, 0) is 43.7 Å². The van der Waals surface area contributed by atoms with E-state index < -0.39 is 0 Å². The Hall–Kier alpha value is -0.860. The molecule has 2 heteroatoms. The third-order valence-corrected chi connectivity index (χ3v) is 6.37. The lowest BCUT2D eigenvalue weighted by molar-refractivity contribution is 0.0940. The van der Waals surface area contributed by atoms with Gasteiger partial charge in [0.2, 0.25) is 0 Å². The maximum atomic E-state index is 4.02. The van der Waals surface area contributed by atoms with Crippen LogP contribution in [0.5, 0.6) is 0 Å². The Morgan fingerprint density at radius 1 is 1.25 bits per heavy atom. The van der Waals surface area contributed by atoms with Crippen LogP contribution in [0.15, 0.2) is 30.3 Å². The molecule has 2 bridgehead atoms. The summed E-state index contributed by atoms with van der Waals surface area (Å²) < 4.78 is 0. The van der Waals surface area contributed by atoms with Gasteiger partial charge in [-0.15, -0.1) is 0 Å². The summed E-state index contributed by atoms with van der Waals surface area (Å²) in [6.45, 7) is 2.53. The Balaban J connectivity index is 1.61. The lowest BCUT2D eigenvalue weighted by atomic mass is 9.65. The summed E-state index contributed by atoms with van der Waals surface area (Å²) in [5.74, 6) is 0. The van der Waals surface area contributed by atoms with Crippen molar-refractivity contribution in [1.82, 2.24) is 10.2 Å². The highest BCUT2D eigenvalue weighted by molar-refractivity contribution is 5.21. The van der Waals surface area contributed by atoms with E-state index in [4.69, 9.17) is 0 Å². The zero-order chi connectivity index (χ0) is 13.7. The van der Waals surface area contributed by atoms with Crippen molar-refractivity contribution >= 4 is 0 Å². The molecule has 1 aromatic carbocycles. The Morgan fingerprint density at radius 2 is 2.05 bits per heavy atom. The number of piperidine rings is 1. The lowest BCUT2D eigenvalue weighted by Gasteiger charge is -2.47. The van der Waals surface area contributed by atoms with Crippen molar-refractivity contribution in [2.45, 2.75) is 63.2 Å². The number of nitrogens with zero attached hydrogens (tertiary/aromatic N) is 1. The number of nitrogens with one attached hydrogen (secondary N) is 1. The van der Waals surface area contributed by atoms with Crippen LogP contribution in [0.25, 0.3) is 0 Å². The van der Waals surface area contributed by atoms with Gasteiger partial charge in [0.15, 0.2) is 0 Å². The summed E-state index contributed by atoms with van der Waals surface area (Å²) in [7, 11) is 2.37. The third kappa shape index (κ3) is 1.78. The normalized spacial score (nSPS) is 43.7. The fraction of sp³-hybridized carbons (Fsp3) is 0.667. The predicted molar refractivity (Wildman–Crippen MR) is 82.8 cm³/mol. The van der Waals surface area contributed by atoms with E-state index in [2.05, 4.69) is 54.5 Å². The largest absolute Gasteiger partial charge is 0.309 e. The number of hydrogen-bond acceptors (Lipinski definition) is 2. The molecule has 1 aliphatic carbocycles. The van der Waals surface area contributed by atoms with Crippen LogP contribution >= 0.6 is 0 Å². The van der Waals surface area contributed by atoms with Gasteiger partial charge in [-0.1, -0.05) is 43.7 Å². The van der Waals surface area contributed by atoms with Crippen LogP contribution in [0.4, 0.5) is 0 Å². The summed E-state index contributed by atoms with van der Waals surface area (Å²) in [5.41, 5.74) is 1.99. The Bertz CT molecular complexity index is 485. The summed E-state index contributed by atoms with van der Waals surface area (Å²) in [5, 5.41) is 4.02. The maximum Gasteiger partial charge on any atom is 0.0266 e. The van der Waals surface area contributed by atoms with E-state index in [0.717, 1.165) is 18.1 Å². The van der Waals surface area contributed by atoms with Gasteiger partial charge in [-0.3, -0.25) is 4.90 Å². The summed E-state index contributed by atoms with van der Waals surface area (Å²) >= 11 is 0. The molecule has 1 unspecified atom stereocenters. The van der Waals surface area contributed by atoms with E-state index in [0.29, 0.717) is 11.5 Å². The number of likely N-dealkylation sites (N-methyl/N-ethyl adjacent to an activating group) is 1. The molecule has 108 valence electrons. The standard InChI is InChI=1S/C18H26N2/c1-18-12-15-14(11-13-7-4-3-5-8-13)19-16(18)9-6-10-17(18)20(15)2/h3-5,7-8,14-17,19H,6,9-12H2,1-2H3/t14-,15+,16-,17?,18-/m1/s1. The summed E-state index contributed by atoms with van der Waals surface area (Å²) in [4.78, 5) is 2.71. The van der Waals surface area contributed by atoms with Gasteiger partial charge in [-0.25, -0.2) is 0 Å². The van der Waals surface area contributed by atoms with Crippen molar-refractivity contribution in [1.29, 1.82) is 0 Å². The second kappa shape index (κ2) is 4.57. The van der Waals surface area contributed by atoms with Gasteiger partial charge in [0, 0.05) is 24.2 Å². The average molecular weight is 270 g/mol. The van der Waals surface area contributed by atoms with Gasteiger partial charge < -0.3 is 5.32 Å². The number of hydrogen-bond donors (Lipinski definition) is 1. The second-order valence-corrected chi connectivity index (χ2v) is 7.40. The molecule has 5 atom stereocenters. The molecule has 0 radical (unpaired) electrons. The molecule has 1 saturated carbocycles. The summed E-state index contributed by atoms with van der Waals surface area (Å²) in [6, 6.07) is 13.9. The minimum absolute atomic E-state index is 0.519. The fourth-order valence-corrected chi connectivity index (χ4v) is 5.31. The first-order valence-corrected chi connectivity index (χ1v) is 8.20. The van der Waals surface area contributed by atoms with Crippen molar-refractivity contribution in [3.05, 3.63) is 35.9 Å². The topological polar surface area (TPSA) is 15.3 Å². The van der Waals surface area contributed by atoms with E-state index in [1.54, 1.807) is 0 Å². The van der Waals surface area contributed by atoms with Crippen molar-refractivity contribution in [3.8, 4) is 0 Å². The average Bonchev–Trinajstić information content (AvgIpc) is 2.72. The van der Waals surface area contributed by atoms with Crippen LogP contribution in [0.2, 0.25) is 0 Å². The molecule has 2 aliphatic heterocycles. The first-order chi connectivity index (χ1) is 9.68.